The van der Waals surface area contributed by atoms with E-state index in [4.69, 9.17) is 16.3 Å². The van der Waals surface area contributed by atoms with E-state index in [1.165, 1.54) is 12.4 Å². The van der Waals surface area contributed by atoms with E-state index in [0.717, 1.165) is 6.42 Å². The number of nitrogens with zero attached hydrogens (tertiary/aromatic N) is 2. The van der Waals surface area contributed by atoms with Crippen LogP contribution in [0.2, 0.25) is 5.02 Å². The fraction of sp³-hybridized carbons (Fsp3) is 0.267. The maximum atomic E-state index is 11.7. The highest BCUT2D eigenvalue weighted by Crippen LogP contribution is 2.29. The van der Waals surface area contributed by atoms with Crippen molar-refractivity contribution in [3.05, 3.63) is 41.3 Å². The summed E-state index contributed by atoms with van der Waals surface area (Å²) in [5.74, 6) is 0.893. The molecule has 7 heteroatoms. The third kappa shape index (κ3) is 4.08. The minimum absolute atomic E-state index is 0.235. The molecule has 2 N–H and O–H groups in total. The lowest BCUT2D eigenvalue weighted by Crippen LogP contribution is -2.25. The van der Waals surface area contributed by atoms with Gasteiger partial charge in [-0.05, 0) is 24.6 Å². The molecule has 1 aromatic carbocycles. The topological polar surface area (TPSA) is 76.1 Å². The standard InChI is InChI=1S/C15H17ClN4O2/c1-3-6-17-15(21)12-8-19-14(9-18-12)20-11-7-10(16)4-5-13(11)22-2/h4-5,7-9H,3,6H2,1-2H3,(H,17,21)(H,19,20). The van der Waals surface area contributed by atoms with Gasteiger partial charge in [-0.25, -0.2) is 9.97 Å². The van der Waals surface area contributed by atoms with Gasteiger partial charge in [-0.1, -0.05) is 18.5 Å². The quantitative estimate of drug-likeness (QED) is 0.855. The van der Waals surface area contributed by atoms with Gasteiger partial charge in [0.2, 0.25) is 0 Å². The van der Waals surface area contributed by atoms with Crippen LogP contribution in [0, 0.1) is 0 Å². The van der Waals surface area contributed by atoms with Crippen LogP contribution in [0.25, 0.3) is 0 Å². The first kappa shape index (κ1) is 16.0. The number of carbonyl (C=O) groups excluding carboxylic acids is 1. The molecule has 0 radical (unpaired) electrons. The van der Waals surface area contributed by atoms with Crippen molar-refractivity contribution in [3.63, 3.8) is 0 Å². The molecule has 0 unspecified atom stereocenters. The molecule has 0 fully saturated rings. The average Bonchev–Trinajstić information content (AvgIpc) is 2.53. The van der Waals surface area contributed by atoms with Gasteiger partial charge in [0, 0.05) is 11.6 Å². The van der Waals surface area contributed by atoms with Gasteiger partial charge < -0.3 is 15.4 Å². The van der Waals surface area contributed by atoms with Crippen molar-refractivity contribution >= 4 is 29.0 Å². The number of ether oxygens (including phenoxy) is 1. The van der Waals surface area contributed by atoms with Crippen LogP contribution in [0.15, 0.2) is 30.6 Å². The summed E-state index contributed by atoms with van der Waals surface area (Å²) < 4.78 is 5.25. The number of benzene rings is 1. The van der Waals surface area contributed by atoms with Gasteiger partial charge in [0.25, 0.3) is 5.91 Å². The normalized spacial score (nSPS) is 10.1. The highest BCUT2D eigenvalue weighted by Gasteiger charge is 2.09. The lowest BCUT2D eigenvalue weighted by atomic mass is 10.3. The molecule has 0 aliphatic rings. The fourth-order valence-electron chi connectivity index (χ4n) is 1.75. The largest absolute Gasteiger partial charge is 0.495 e. The number of hydrogen-bond donors (Lipinski definition) is 2. The van der Waals surface area contributed by atoms with Gasteiger partial charge in [0.1, 0.15) is 17.3 Å². The molecular weight excluding hydrogens is 304 g/mol. The Labute approximate surface area is 133 Å². The minimum atomic E-state index is -0.235. The first-order valence-electron chi connectivity index (χ1n) is 6.85. The number of anilines is 2. The summed E-state index contributed by atoms with van der Waals surface area (Å²) in [6.45, 7) is 2.59. The number of nitrogens with one attached hydrogen (secondary N) is 2. The summed E-state index contributed by atoms with van der Waals surface area (Å²) in [6, 6.07) is 5.22. The first-order valence-corrected chi connectivity index (χ1v) is 7.22. The molecule has 0 atom stereocenters. The second-order valence-electron chi connectivity index (χ2n) is 4.51. The molecule has 0 aliphatic carbocycles. The van der Waals surface area contributed by atoms with Gasteiger partial charge in [0.15, 0.2) is 0 Å². The van der Waals surface area contributed by atoms with E-state index in [1.807, 2.05) is 6.92 Å². The number of aromatic nitrogens is 2. The Morgan fingerprint density at radius 1 is 1.32 bits per heavy atom. The molecule has 0 spiro atoms. The second kappa shape index (κ2) is 7.61. The van der Waals surface area contributed by atoms with Crippen LogP contribution in [-0.4, -0.2) is 29.5 Å². The average molecular weight is 321 g/mol. The molecule has 116 valence electrons. The van der Waals surface area contributed by atoms with E-state index in [2.05, 4.69) is 20.6 Å². The van der Waals surface area contributed by atoms with E-state index in [9.17, 15) is 4.79 Å². The second-order valence-corrected chi connectivity index (χ2v) is 4.95. The van der Waals surface area contributed by atoms with E-state index < -0.39 is 0 Å². The van der Waals surface area contributed by atoms with Crippen molar-refractivity contribution in [2.45, 2.75) is 13.3 Å². The van der Waals surface area contributed by atoms with Crippen LogP contribution < -0.4 is 15.4 Å². The van der Waals surface area contributed by atoms with Crippen molar-refractivity contribution in [1.82, 2.24) is 15.3 Å². The van der Waals surface area contributed by atoms with E-state index in [-0.39, 0.29) is 11.6 Å². The molecule has 0 saturated heterocycles. The Morgan fingerprint density at radius 2 is 2.14 bits per heavy atom. The van der Waals surface area contributed by atoms with Gasteiger partial charge in [-0.15, -0.1) is 0 Å². The fourth-order valence-corrected chi connectivity index (χ4v) is 1.93. The van der Waals surface area contributed by atoms with E-state index >= 15 is 0 Å². The number of hydrogen-bond acceptors (Lipinski definition) is 5. The number of carbonyl (C=O) groups is 1. The molecule has 1 heterocycles. The number of halogens is 1. The molecule has 0 bridgehead atoms. The highest BCUT2D eigenvalue weighted by atomic mass is 35.5. The van der Waals surface area contributed by atoms with Crippen LogP contribution in [0.5, 0.6) is 5.75 Å². The monoisotopic (exact) mass is 320 g/mol. The predicted octanol–water partition coefficient (Wildman–Crippen LogP) is 3.02. The molecule has 0 aliphatic heterocycles. The lowest BCUT2D eigenvalue weighted by Gasteiger charge is -2.11. The van der Waals surface area contributed by atoms with E-state index in [0.29, 0.717) is 28.8 Å². The van der Waals surface area contributed by atoms with Gasteiger partial charge in [-0.3, -0.25) is 4.79 Å². The number of amides is 1. The molecule has 6 nitrogen and oxygen atoms in total. The molecule has 1 amide bonds. The van der Waals surface area contributed by atoms with Crippen molar-refractivity contribution < 1.29 is 9.53 Å². The Morgan fingerprint density at radius 3 is 2.77 bits per heavy atom. The summed E-state index contributed by atoms with van der Waals surface area (Å²) in [5.41, 5.74) is 0.949. The minimum Gasteiger partial charge on any atom is -0.495 e. The molecule has 0 saturated carbocycles. The number of rotatable bonds is 6. The summed E-state index contributed by atoms with van der Waals surface area (Å²) in [6.07, 6.45) is 3.78. The zero-order valence-corrected chi connectivity index (χ0v) is 13.1. The van der Waals surface area contributed by atoms with Gasteiger partial charge >= 0.3 is 0 Å². The van der Waals surface area contributed by atoms with Crippen molar-refractivity contribution in [2.75, 3.05) is 19.0 Å². The van der Waals surface area contributed by atoms with Crippen molar-refractivity contribution in [1.29, 1.82) is 0 Å². The van der Waals surface area contributed by atoms with Crippen LogP contribution >= 0.6 is 11.6 Å². The maximum Gasteiger partial charge on any atom is 0.271 e. The maximum absolute atomic E-state index is 11.7. The highest BCUT2D eigenvalue weighted by molar-refractivity contribution is 6.31. The summed E-state index contributed by atoms with van der Waals surface area (Å²) in [4.78, 5) is 20.0. The first-order chi connectivity index (χ1) is 10.6. The Hall–Kier alpha value is -2.34. The predicted molar refractivity (Wildman–Crippen MR) is 85.9 cm³/mol. The van der Waals surface area contributed by atoms with Crippen molar-refractivity contribution in [3.8, 4) is 5.75 Å². The summed E-state index contributed by atoms with van der Waals surface area (Å²) >= 11 is 5.97. The molecule has 2 rings (SSSR count). The van der Waals surface area contributed by atoms with Crippen LogP contribution in [0.1, 0.15) is 23.8 Å². The zero-order chi connectivity index (χ0) is 15.9. The zero-order valence-electron chi connectivity index (χ0n) is 12.4. The molecule has 1 aromatic heterocycles. The van der Waals surface area contributed by atoms with E-state index in [1.54, 1.807) is 25.3 Å². The Bertz CT molecular complexity index is 646. The number of methoxy groups -OCH3 is 1. The van der Waals surface area contributed by atoms with Gasteiger partial charge in [-0.2, -0.15) is 0 Å². The summed E-state index contributed by atoms with van der Waals surface area (Å²) in [5, 5.41) is 6.38. The SMILES string of the molecule is CCCNC(=O)c1cnc(Nc2cc(Cl)ccc2OC)cn1. The smallest absolute Gasteiger partial charge is 0.271 e. The summed E-state index contributed by atoms with van der Waals surface area (Å²) in [7, 11) is 1.57. The Kier molecular flexibility index (Phi) is 5.55. The third-order valence-corrected chi connectivity index (χ3v) is 3.08. The molecule has 22 heavy (non-hydrogen) atoms. The lowest BCUT2D eigenvalue weighted by molar-refractivity contribution is 0.0948. The van der Waals surface area contributed by atoms with Crippen LogP contribution in [-0.2, 0) is 0 Å². The molecular formula is C15H17ClN4O2. The van der Waals surface area contributed by atoms with Crippen LogP contribution in [0.3, 0.4) is 0 Å². The third-order valence-electron chi connectivity index (χ3n) is 2.84. The van der Waals surface area contributed by atoms with Crippen molar-refractivity contribution in [2.24, 2.45) is 0 Å². The Balaban J connectivity index is 2.11. The van der Waals surface area contributed by atoms with Crippen LogP contribution in [0.4, 0.5) is 11.5 Å². The van der Waals surface area contributed by atoms with Gasteiger partial charge in [0.05, 0.1) is 25.2 Å². The molecule has 2 aromatic rings.